The van der Waals surface area contributed by atoms with E-state index < -0.39 is 9.84 Å². The molecule has 0 saturated carbocycles. The topological polar surface area (TPSA) is 69.4 Å². The van der Waals surface area contributed by atoms with Crippen LogP contribution in [0.3, 0.4) is 0 Å². The normalized spacial score (nSPS) is 20.2. The Morgan fingerprint density at radius 1 is 1.44 bits per heavy atom. The van der Waals surface area contributed by atoms with Crippen molar-refractivity contribution in [2.45, 2.75) is 30.3 Å². The van der Waals surface area contributed by atoms with Crippen LogP contribution in [0, 0.1) is 0 Å². The van der Waals surface area contributed by atoms with Crippen LogP contribution in [0.1, 0.15) is 19.3 Å². The minimum absolute atomic E-state index is 0.0568. The van der Waals surface area contributed by atoms with Crippen molar-refractivity contribution in [2.24, 2.45) is 0 Å². The zero-order valence-electron chi connectivity index (χ0n) is 9.93. The van der Waals surface area contributed by atoms with E-state index in [0.29, 0.717) is 12.1 Å². The van der Waals surface area contributed by atoms with Crippen molar-refractivity contribution in [3.05, 3.63) is 23.2 Å². The zero-order chi connectivity index (χ0) is 13.2. The van der Waals surface area contributed by atoms with Crippen LogP contribution in [-0.2, 0) is 14.6 Å². The Balaban J connectivity index is 2.09. The van der Waals surface area contributed by atoms with E-state index in [1.165, 1.54) is 12.1 Å². The molecular formula is C12H16ClNO3S. The predicted octanol–water partition coefficient (Wildman–Crippen LogP) is 2.27. The molecule has 1 aromatic carbocycles. The number of hydrogen-bond acceptors (Lipinski definition) is 4. The highest BCUT2D eigenvalue weighted by Gasteiger charge is 2.22. The number of halogens is 1. The van der Waals surface area contributed by atoms with E-state index in [2.05, 4.69) is 0 Å². The zero-order valence-corrected chi connectivity index (χ0v) is 11.5. The SMILES string of the molecule is Nc1ccc(S(=O)(=O)CCC2CCCO2)c(Cl)c1. The first-order valence-electron chi connectivity index (χ1n) is 5.88. The van der Waals surface area contributed by atoms with E-state index >= 15 is 0 Å². The summed E-state index contributed by atoms with van der Waals surface area (Å²) in [4.78, 5) is 0.149. The molecule has 1 heterocycles. The summed E-state index contributed by atoms with van der Waals surface area (Å²) in [6, 6.07) is 4.47. The second-order valence-electron chi connectivity index (χ2n) is 4.43. The van der Waals surface area contributed by atoms with Crippen LogP contribution in [0.5, 0.6) is 0 Å². The van der Waals surface area contributed by atoms with Gasteiger partial charge in [-0.15, -0.1) is 0 Å². The Morgan fingerprint density at radius 2 is 2.22 bits per heavy atom. The number of rotatable bonds is 4. The fourth-order valence-corrected chi connectivity index (χ4v) is 4.00. The summed E-state index contributed by atoms with van der Waals surface area (Å²) in [5, 5.41) is 0.183. The largest absolute Gasteiger partial charge is 0.399 e. The number of ether oxygens (including phenoxy) is 1. The third-order valence-corrected chi connectivity index (χ3v) is 5.25. The van der Waals surface area contributed by atoms with Crippen molar-refractivity contribution in [1.29, 1.82) is 0 Å². The van der Waals surface area contributed by atoms with E-state index in [9.17, 15) is 8.42 Å². The molecule has 0 radical (unpaired) electrons. The lowest BCUT2D eigenvalue weighted by atomic mass is 10.2. The van der Waals surface area contributed by atoms with Gasteiger partial charge in [-0.25, -0.2) is 8.42 Å². The van der Waals surface area contributed by atoms with Gasteiger partial charge in [-0.3, -0.25) is 0 Å². The first kappa shape index (κ1) is 13.6. The molecule has 0 amide bonds. The maximum atomic E-state index is 12.1. The third-order valence-electron chi connectivity index (χ3n) is 3.02. The average Bonchev–Trinajstić information content (AvgIpc) is 2.78. The highest BCUT2D eigenvalue weighted by atomic mass is 35.5. The van der Waals surface area contributed by atoms with E-state index in [1.807, 2.05) is 0 Å². The van der Waals surface area contributed by atoms with Crippen molar-refractivity contribution in [2.75, 3.05) is 18.1 Å². The van der Waals surface area contributed by atoms with Crippen molar-refractivity contribution in [3.63, 3.8) is 0 Å². The number of nitrogens with two attached hydrogens (primary N) is 1. The summed E-state index contributed by atoms with van der Waals surface area (Å²) in [6.45, 7) is 0.730. The van der Waals surface area contributed by atoms with Crippen molar-refractivity contribution < 1.29 is 13.2 Å². The van der Waals surface area contributed by atoms with Crippen molar-refractivity contribution >= 4 is 27.1 Å². The molecule has 0 aromatic heterocycles. The van der Waals surface area contributed by atoms with Gasteiger partial charge in [0, 0.05) is 12.3 Å². The molecule has 2 rings (SSSR count). The Hall–Kier alpha value is -0.780. The number of benzene rings is 1. The molecule has 1 aliphatic rings. The summed E-state index contributed by atoms with van der Waals surface area (Å²) in [5.74, 6) is 0.0568. The molecule has 0 bridgehead atoms. The molecule has 1 aliphatic heterocycles. The van der Waals surface area contributed by atoms with E-state index in [-0.39, 0.29) is 21.8 Å². The molecule has 1 atom stereocenters. The highest BCUT2D eigenvalue weighted by Crippen LogP contribution is 2.26. The number of nitrogen functional groups attached to an aromatic ring is 1. The molecule has 2 N–H and O–H groups in total. The summed E-state index contributed by atoms with van der Waals surface area (Å²) in [7, 11) is -3.36. The van der Waals surface area contributed by atoms with Gasteiger partial charge in [-0.2, -0.15) is 0 Å². The monoisotopic (exact) mass is 289 g/mol. The van der Waals surface area contributed by atoms with Crippen LogP contribution < -0.4 is 5.73 Å². The standard InChI is InChI=1S/C12H16ClNO3S/c13-11-8-9(14)3-4-12(11)18(15,16)7-5-10-2-1-6-17-10/h3-4,8,10H,1-2,5-7,14H2. The molecule has 4 nitrogen and oxygen atoms in total. The van der Waals surface area contributed by atoms with Crippen LogP contribution >= 0.6 is 11.6 Å². The smallest absolute Gasteiger partial charge is 0.179 e. The van der Waals surface area contributed by atoms with Gasteiger partial charge < -0.3 is 10.5 Å². The molecule has 1 fully saturated rings. The van der Waals surface area contributed by atoms with Gasteiger partial charge in [0.25, 0.3) is 0 Å². The highest BCUT2D eigenvalue weighted by molar-refractivity contribution is 7.91. The number of hydrogen-bond donors (Lipinski definition) is 1. The second-order valence-corrected chi connectivity index (χ2v) is 6.92. The Bertz CT molecular complexity index is 524. The van der Waals surface area contributed by atoms with E-state index in [0.717, 1.165) is 19.4 Å². The van der Waals surface area contributed by atoms with Crippen molar-refractivity contribution in [3.8, 4) is 0 Å². The Labute approximate surface area is 112 Å². The lowest BCUT2D eigenvalue weighted by molar-refractivity contribution is 0.109. The first-order chi connectivity index (χ1) is 8.49. The van der Waals surface area contributed by atoms with E-state index in [1.54, 1.807) is 6.07 Å². The predicted molar refractivity (Wildman–Crippen MR) is 71.5 cm³/mol. The quantitative estimate of drug-likeness (QED) is 0.863. The minimum atomic E-state index is -3.36. The lowest BCUT2D eigenvalue weighted by Crippen LogP contribution is -2.14. The number of anilines is 1. The Morgan fingerprint density at radius 3 is 2.83 bits per heavy atom. The second kappa shape index (κ2) is 5.47. The third kappa shape index (κ3) is 3.16. The molecule has 1 aromatic rings. The van der Waals surface area contributed by atoms with E-state index in [4.69, 9.17) is 22.1 Å². The number of sulfone groups is 1. The van der Waals surface area contributed by atoms with Crippen LogP contribution in [0.4, 0.5) is 5.69 Å². The van der Waals surface area contributed by atoms with Crippen LogP contribution in [0.15, 0.2) is 23.1 Å². The molecule has 0 aliphatic carbocycles. The van der Waals surface area contributed by atoms with Gasteiger partial charge in [0.2, 0.25) is 0 Å². The first-order valence-corrected chi connectivity index (χ1v) is 7.91. The summed E-state index contributed by atoms with van der Waals surface area (Å²) < 4.78 is 29.7. The van der Waals surface area contributed by atoms with Gasteiger partial charge in [0.1, 0.15) is 0 Å². The molecule has 6 heteroatoms. The molecule has 1 saturated heterocycles. The maximum absolute atomic E-state index is 12.1. The minimum Gasteiger partial charge on any atom is -0.399 e. The average molecular weight is 290 g/mol. The van der Waals surface area contributed by atoms with Crippen LogP contribution in [-0.4, -0.2) is 26.9 Å². The van der Waals surface area contributed by atoms with Gasteiger partial charge in [0.05, 0.1) is 21.8 Å². The molecular weight excluding hydrogens is 274 g/mol. The summed E-state index contributed by atoms with van der Waals surface area (Å²) >= 11 is 5.92. The molecule has 1 unspecified atom stereocenters. The van der Waals surface area contributed by atoms with Crippen LogP contribution in [0.25, 0.3) is 0 Å². The van der Waals surface area contributed by atoms with Gasteiger partial charge in [-0.1, -0.05) is 11.6 Å². The summed E-state index contributed by atoms with van der Waals surface area (Å²) in [6.07, 6.45) is 2.52. The molecule has 100 valence electrons. The summed E-state index contributed by atoms with van der Waals surface area (Å²) in [5.41, 5.74) is 6.00. The fraction of sp³-hybridized carbons (Fsp3) is 0.500. The molecule has 18 heavy (non-hydrogen) atoms. The Kier molecular flexibility index (Phi) is 4.14. The van der Waals surface area contributed by atoms with Gasteiger partial charge in [-0.05, 0) is 37.5 Å². The lowest BCUT2D eigenvalue weighted by Gasteiger charge is -2.10. The fourth-order valence-electron chi connectivity index (χ4n) is 2.04. The molecule has 0 spiro atoms. The van der Waals surface area contributed by atoms with Crippen LogP contribution in [0.2, 0.25) is 5.02 Å². The van der Waals surface area contributed by atoms with Crippen molar-refractivity contribution in [1.82, 2.24) is 0 Å². The van der Waals surface area contributed by atoms with Gasteiger partial charge in [0.15, 0.2) is 9.84 Å². The van der Waals surface area contributed by atoms with Gasteiger partial charge >= 0.3 is 0 Å². The maximum Gasteiger partial charge on any atom is 0.179 e.